The molecule has 0 radical (unpaired) electrons. The van der Waals surface area contributed by atoms with Crippen molar-refractivity contribution in [3.8, 4) is 23.0 Å². The summed E-state index contributed by atoms with van der Waals surface area (Å²) in [6.45, 7) is 6.11. The van der Waals surface area contributed by atoms with Crippen LogP contribution in [0.1, 0.15) is 33.2 Å². The van der Waals surface area contributed by atoms with Gasteiger partial charge in [0.1, 0.15) is 5.82 Å². The van der Waals surface area contributed by atoms with Crippen LogP contribution in [-0.4, -0.2) is 37.9 Å². The lowest BCUT2D eigenvalue weighted by Crippen LogP contribution is -2.24. The Morgan fingerprint density at radius 2 is 2.07 bits per heavy atom. The van der Waals surface area contributed by atoms with Gasteiger partial charge in [0.25, 0.3) is 5.22 Å². The van der Waals surface area contributed by atoms with Crippen LogP contribution in [0.15, 0.2) is 40.1 Å². The maximum absolute atomic E-state index is 12.6. The van der Waals surface area contributed by atoms with Gasteiger partial charge in [-0.15, -0.1) is 10.2 Å². The van der Waals surface area contributed by atoms with E-state index in [-0.39, 0.29) is 18.7 Å². The van der Waals surface area contributed by atoms with E-state index in [1.807, 2.05) is 6.07 Å². The number of aromatic nitrogens is 4. The third-order valence-corrected chi connectivity index (χ3v) is 5.54. The Bertz CT molecular complexity index is 1020. The van der Waals surface area contributed by atoms with Crippen molar-refractivity contribution >= 4 is 23.5 Å². The molecule has 0 fully saturated rings. The van der Waals surface area contributed by atoms with E-state index in [9.17, 15) is 4.79 Å². The summed E-state index contributed by atoms with van der Waals surface area (Å²) in [5.41, 5.74) is 0.725. The molecule has 9 nitrogen and oxygen atoms in total. The SMILES string of the molecule is CC[C@H](C)n1nccc1NC(=O)[C@H](C)Sc1nnc(-c2ccc3c(c2)OCO3)o1. The number of hydrogen-bond donors (Lipinski definition) is 1. The van der Waals surface area contributed by atoms with E-state index in [1.54, 1.807) is 36.0 Å². The second-order valence-corrected chi connectivity index (χ2v) is 7.90. The number of carbonyl (C=O) groups is 1. The Hall–Kier alpha value is -3.01. The number of anilines is 1. The van der Waals surface area contributed by atoms with E-state index in [0.717, 1.165) is 12.0 Å². The minimum absolute atomic E-state index is 0.164. The number of hydrogen-bond acceptors (Lipinski definition) is 8. The zero-order valence-electron chi connectivity index (χ0n) is 16.3. The summed E-state index contributed by atoms with van der Waals surface area (Å²) >= 11 is 1.20. The minimum Gasteiger partial charge on any atom is -0.454 e. The highest BCUT2D eigenvalue weighted by Gasteiger charge is 2.21. The average Bonchev–Trinajstić information content (AvgIpc) is 3.47. The first-order valence-electron chi connectivity index (χ1n) is 9.29. The summed E-state index contributed by atoms with van der Waals surface area (Å²) in [4.78, 5) is 12.6. The maximum atomic E-state index is 12.6. The highest BCUT2D eigenvalue weighted by Crippen LogP contribution is 2.36. The van der Waals surface area contributed by atoms with Crippen molar-refractivity contribution in [2.24, 2.45) is 0 Å². The Morgan fingerprint density at radius 1 is 1.24 bits per heavy atom. The molecular weight excluding hydrogens is 394 g/mol. The molecular formula is C19H21N5O4S. The van der Waals surface area contributed by atoms with E-state index in [1.165, 1.54) is 11.8 Å². The van der Waals surface area contributed by atoms with Gasteiger partial charge in [-0.1, -0.05) is 18.7 Å². The van der Waals surface area contributed by atoms with E-state index in [4.69, 9.17) is 13.9 Å². The van der Waals surface area contributed by atoms with Crippen LogP contribution in [-0.2, 0) is 4.79 Å². The number of thioether (sulfide) groups is 1. The van der Waals surface area contributed by atoms with Crippen molar-refractivity contribution in [1.82, 2.24) is 20.0 Å². The monoisotopic (exact) mass is 415 g/mol. The molecule has 2 atom stereocenters. The standard InChI is InChI=1S/C19H21N5O4S/c1-4-11(2)24-16(7-8-20-24)21-17(25)12(3)29-19-23-22-18(28-19)13-5-6-14-15(9-13)27-10-26-14/h5-9,11-12H,4,10H2,1-3H3,(H,21,25)/t11-,12-/m0/s1. The van der Waals surface area contributed by atoms with Gasteiger partial charge in [0.2, 0.25) is 18.6 Å². The van der Waals surface area contributed by atoms with Crippen LogP contribution in [0.5, 0.6) is 11.5 Å². The second kappa shape index (κ2) is 8.16. The number of fused-ring (bicyclic) bond motifs is 1. The van der Waals surface area contributed by atoms with Gasteiger partial charge in [-0.25, -0.2) is 4.68 Å². The van der Waals surface area contributed by atoms with Crippen molar-refractivity contribution < 1.29 is 18.7 Å². The van der Waals surface area contributed by atoms with Gasteiger partial charge in [0, 0.05) is 11.6 Å². The molecule has 4 rings (SSSR count). The Balaban J connectivity index is 1.41. The van der Waals surface area contributed by atoms with Gasteiger partial charge < -0.3 is 19.2 Å². The molecule has 152 valence electrons. The van der Waals surface area contributed by atoms with Crippen LogP contribution in [0.25, 0.3) is 11.5 Å². The molecule has 0 unspecified atom stereocenters. The quantitative estimate of drug-likeness (QED) is 0.582. The summed E-state index contributed by atoms with van der Waals surface area (Å²) in [6, 6.07) is 7.39. The van der Waals surface area contributed by atoms with Gasteiger partial charge in [-0.05, 0) is 38.5 Å². The smallest absolute Gasteiger partial charge is 0.277 e. The van der Waals surface area contributed by atoms with E-state index >= 15 is 0 Å². The van der Waals surface area contributed by atoms with Crippen LogP contribution in [0.3, 0.4) is 0 Å². The highest BCUT2D eigenvalue weighted by molar-refractivity contribution is 8.00. The van der Waals surface area contributed by atoms with Gasteiger partial charge in [-0.3, -0.25) is 4.79 Å². The Morgan fingerprint density at radius 3 is 2.90 bits per heavy atom. The predicted octanol–water partition coefficient (Wildman–Crippen LogP) is 3.75. The van der Waals surface area contributed by atoms with Crippen molar-refractivity contribution in [3.63, 3.8) is 0 Å². The summed E-state index contributed by atoms with van der Waals surface area (Å²) in [5, 5.41) is 15.2. The fraction of sp³-hybridized carbons (Fsp3) is 0.368. The number of nitrogens with one attached hydrogen (secondary N) is 1. The third-order valence-electron chi connectivity index (χ3n) is 4.60. The first kappa shape index (κ1) is 19.3. The number of nitrogens with zero attached hydrogens (tertiary/aromatic N) is 4. The summed E-state index contributed by atoms with van der Waals surface area (Å²) in [6.07, 6.45) is 2.59. The lowest BCUT2D eigenvalue weighted by molar-refractivity contribution is -0.115. The van der Waals surface area contributed by atoms with E-state index in [0.29, 0.717) is 28.4 Å². The minimum atomic E-state index is -0.430. The van der Waals surface area contributed by atoms with Crippen LogP contribution >= 0.6 is 11.8 Å². The van der Waals surface area contributed by atoms with E-state index < -0.39 is 5.25 Å². The fourth-order valence-electron chi connectivity index (χ4n) is 2.77. The molecule has 1 aromatic carbocycles. The molecule has 1 amide bonds. The Labute approximate surface area is 171 Å². The molecule has 10 heteroatoms. The molecule has 0 saturated carbocycles. The lowest BCUT2D eigenvalue weighted by atomic mass is 10.2. The van der Waals surface area contributed by atoms with Crippen molar-refractivity contribution in [3.05, 3.63) is 30.5 Å². The molecule has 2 aromatic heterocycles. The molecule has 1 aliphatic rings. The third kappa shape index (κ3) is 4.07. The molecule has 0 aliphatic carbocycles. The van der Waals surface area contributed by atoms with Gasteiger partial charge in [0.05, 0.1) is 17.5 Å². The normalized spacial score (nSPS) is 14.6. The van der Waals surface area contributed by atoms with Gasteiger partial charge in [-0.2, -0.15) is 5.10 Å². The first-order valence-corrected chi connectivity index (χ1v) is 10.2. The summed E-state index contributed by atoms with van der Waals surface area (Å²) in [7, 11) is 0. The van der Waals surface area contributed by atoms with Crippen LogP contribution in [0.4, 0.5) is 5.82 Å². The molecule has 0 spiro atoms. The largest absolute Gasteiger partial charge is 0.454 e. The maximum Gasteiger partial charge on any atom is 0.277 e. The topological polar surface area (TPSA) is 104 Å². The van der Waals surface area contributed by atoms with Crippen LogP contribution < -0.4 is 14.8 Å². The molecule has 0 saturated heterocycles. The van der Waals surface area contributed by atoms with Gasteiger partial charge >= 0.3 is 0 Å². The Kier molecular flexibility index (Phi) is 5.43. The second-order valence-electron chi connectivity index (χ2n) is 6.61. The number of amides is 1. The van der Waals surface area contributed by atoms with Crippen molar-refractivity contribution in [2.75, 3.05) is 12.1 Å². The zero-order valence-corrected chi connectivity index (χ0v) is 17.1. The highest BCUT2D eigenvalue weighted by atomic mass is 32.2. The average molecular weight is 415 g/mol. The predicted molar refractivity (Wildman–Crippen MR) is 107 cm³/mol. The molecule has 3 heterocycles. The summed E-state index contributed by atoms with van der Waals surface area (Å²) in [5.74, 6) is 2.19. The van der Waals surface area contributed by atoms with Crippen molar-refractivity contribution in [2.45, 2.75) is 43.7 Å². The number of carbonyl (C=O) groups excluding carboxylic acids is 1. The molecule has 3 aromatic rings. The van der Waals surface area contributed by atoms with Gasteiger partial charge in [0.15, 0.2) is 11.5 Å². The number of ether oxygens (including phenoxy) is 2. The zero-order chi connectivity index (χ0) is 20.4. The summed E-state index contributed by atoms with van der Waals surface area (Å²) < 4.78 is 18.2. The fourth-order valence-corrected chi connectivity index (χ4v) is 3.46. The molecule has 0 bridgehead atoms. The van der Waals surface area contributed by atoms with Crippen LogP contribution in [0, 0.1) is 0 Å². The van der Waals surface area contributed by atoms with E-state index in [2.05, 4.69) is 34.5 Å². The number of benzene rings is 1. The van der Waals surface area contributed by atoms with Crippen LogP contribution in [0.2, 0.25) is 0 Å². The molecule has 1 aliphatic heterocycles. The van der Waals surface area contributed by atoms with Crippen molar-refractivity contribution in [1.29, 1.82) is 0 Å². The first-order chi connectivity index (χ1) is 14.0. The number of rotatable bonds is 7. The molecule has 29 heavy (non-hydrogen) atoms. The lowest BCUT2D eigenvalue weighted by Gasteiger charge is -2.15. The molecule has 1 N–H and O–H groups in total.